The molecule has 0 saturated carbocycles. The highest BCUT2D eigenvalue weighted by molar-refractivity contribution is 6.34. The Morgan fingerprint density at radius 3 is 2.31 bits per heavy atom. The van der Waals surface area contributed by atoms with E-state index in [9.17, 15) is 19.2 Å². The Labute approximate surface area is 266 Å². The minimum Gasteiger partial charge on any atom is -0.444 e. The molecule has 0 radical (unpaired) electrons. The van der Waals surface area contributed by atoms with Crippen molar-refractivity contribution in [3.8, 4) is 16.8 Å². The first-order chi connectivity index (χ1) is 21.1. The molecule has 236 valence electrons. The molecule has 0 aliphatic carbocycles. The lowest BCUT2D eigenvalue weighted by atomic mass is 9.96. The van der Waals surface area contributed by atoms with Crippen LogP contribution in [0.1, 0.15) is 62.0 Å². The summed E-state index contributed by atoms with van der Waals surface area (Å²) in [7, 11) is 0. The predicted molar refractivity (Wildman–Crippen MR) is 177 cm³/mol. The van der Waals surface area contributed by atoms with Crippen LogP contribution in [0.15, 0.2) is 58.1 Å². The second-order valence-electron chi connectivity index (χ2n) is 13.0. The number of aryl methyl sites for hydroxylation is 1. The second kappa shape index (κ2) is 11.7. The van der Waals surface area contributed by atoms with Gasteiger partial charge in [-0.25, -0.2) is 4.79 Å². The van der Waals surface area contributed by atoms with Crippen LogP contribution >= 0.6 is 11.6 Å². The van der Waals surface area contributed by atoms with Crippen molar-refractivity contribution in [1.29, 1.82) is 0 Å². The van der Waals surface area contributed by atoms with E-state index in [0.717, 1.165) is 11.1 Å². The van der Waals surface area contributed by atoms with Crippen LogP contribution in [0, 0.1) is 12.8 Å². The summed E-state index contributed by atoms with van der Waals surface area (Å²) in [6, 6.07) is 13.8. The number of nitrogen functional groups attached to an aromatic ring is 1. The summed E-state index contributed by atoms with van der Waals surface area (Å²) in [5.41, 5.74) is 14.4. The van der Waals surface area contributed by atoms with Crippen molar-refractivity contribution in [2.75, 3.05) is 18.8 Å². The molecule has 1 aliphatic heterocycles. The zero-order valence-electron chi connectivity index (χ0n) is 26.3. The number of anilines is 1. The fourth-order valence-corrected chi connectivity index (χ4v) is 6.12. The van der Waals surface area contributed by atoms with Crippen LogP contribution < -0.4 is 22.6 Å². The van der Waals surface area contributed by atoms with Crippen molar-refractivity contribution < 1.29 is 14.3 Å². The van der Waals surface area contributed by atoms with E-state index in [4.69, 9.17) is 27.8 Å². The predicted octanol–water partition coefficient (Wildman–Crippen LogP) is 5.45. The quantitative estimate of drug-likeness (QED) is 0.214. The van der Waals surface area contributed by atoms with E-state index in [1.807, 2.05) is 39.0 Å². The highest BCUT2D eigenvalue weighted by atomic mass is 35.5. The highest BCUT2D eigenvalue weighted by Crippen LogP contribution is 2.37. The lowest BCUT2D eigenvalue weighted by Crippen LogP contribution is -2.54. The van der Waals surface area contributed by atoms with Gasteiger partial charge < -0.3 is 25.7 Å². The van der Waals surface area contributed by atoms with Gasteiger partial charge >= 0.3 is 17.2 Å². The number of nitrogens with zero attached hydrogens (tertiary/aromatic N) is 3. The number of rotatable bonds is 6. The van der Waals surface area contributed by atoms with Crippen molar-refractivity contribution in [3.05, 3.63) is 91.0 Å². The minimum atomic E-state index is -0.724. The molecule has 0 unspecified atom stereocenters. The Morgan fingerprint density at radius 1 is 1.00 bits per heavy atom. The molecule has 1 aromatic heterocycles. The summed E-state index contributed by atoms with van der Waals surface area (Å²) >= 11 is 6.89. The SMILES string of the molecule is Cc1cccc(C(C)C)c1-n1c(=O)c(=O)n(CC2CN(C(=O)OC(C)(C)C)C2)c2cc(Cl)c(-c3cc(N)ccc3C(N)=O)cc21. The number of para-hydroxylation sites is 1. The summed E-state index contributed by atoms with van der Waals surface area (Å²) in [5, 5.41) is 0.242. The lowest BCUT2D eigenvalue weighted by molar-refractivity contribution is -0.00331. The number of likely N-dealkylation sites (tertiary alicyclic amines) is 1. The molecule has 45 heavy (non-hydrogen) atoms. The Kier molecular flexibility index (Phi) is 8.31. The molecule has 3 aromatic carbocycles. The first-order valence-corrected chi connectivity index (χ1v) is 15.2. The third-order valence-electron chi connectivity index (χ3n) is 7.99. The van der Waals surface area contributed by atoms with Crippen molar-refractivity contribution in [1.82, 2.24) is 14.0 Å². The molecule has 2 amide bonds. The fourth-order valence-electron chi connectivity index (χ4n) is 5.86. The van der Waals surface area contributed by atoms with E-state index in [1.165, 1.54) is 15.2 Å². The number of ether oxygens (including phenoxy) is 1. The molecule has 2 heterocycles. The number of nitrogens with two attached hydrogens (primary N) is 2. The molecule has 11 heteroatoms. The second-order valence-corrected chi connectivity index (χ2v) is 13.4. The van der Waals surface area contributed by atoms with Crippen LogP contribution in [0.4, 0.5) is 10.5 Å². The standard InChI is InChI=1S/C34H38ClN5O5/c1-18(2)22-9-7-8-19(3)29(22)40-28-13-25(24-12-21(36)10-11-23(24)30(37)41)26(35)14-27(28)39(31(42)32(40)43)17-20-15-38(16-20)33(44)45-34(4,5)6/h7-14,18,20H,15-17,36H2,1-6H3,(H2,37,41). The van der Waals surface area contributed by atoms with Gasteiger partial charge in [-0.05, 0) is 80.6 Å². The number of primary amides is 1. The normalized spacial score (nSPS) is 13.7. The maximum absolute atomic E-state index is 14.1. The van der Waals surface area contributed by atoms with Gasteiger partial charge in [-0.15, -0.1) is 0 Å². The summed E-state index contributed by atoms with van der Waals surface area (Å²) < 4.78 is 8.35. The van der Waals surface area contributed by atoms with Gasteiger partial charge in [0.1, 0.15) is 5.60 Å². The molecule has 1 fully saturated rings. The number of hydrogen-bond donors (Lipinski definition) is 2. The third kappa shape index (κ3) is 6.07. The van der Waals surface area contributed by atoms with E-state index in [1.54, 1.807) is 49.9 Å². The minimum absolute atomic E-state index is 0.0419. The van der Waals surface area contributed by atoms with Crippen molar-refractivity contribution >= 4 is 40.3 Å². The third-order valence-corrected chi connectivity index (χ3v) is 8.30. The molecule has 1 saturated heterocycles. The largest absolute Gasteiger partial charge is 0.444 e. The van der Waals surface area contributed by atoms with Gasteiger partial charge in [-0.2, -0.15) is 0 Å². The van der Waals surface area contributed by atoms with Crippen molar-refractivity contribution in [2.24, 2.45) is 11.7 Å². The van der Waals surface area contributed by atoms with Crippen LogP contribution in [0.2, 0.25) is 5.02 Å². The zero-order valence-corrected chi connectivity index (χ0v) is 27.1. The summed E-state index contributed by atoms with van der Waals surface area (Å²) in [4.78, 5) is 54.5. The van der Waals surface area contributed by atoms with E-state index in [-0.39, 0.29) is 29.0 Å². The average molecular weight is 632 g/mol. The van der Waals surface area contributed by atoms with Gasteiger partial charge in [-0.3, -0.25) is 19.0 Å². The Balaban J connectivity index is 1.74. The van der Waals surface area contributed by atoms with Crippen LogP contribution in [0.3, 0.4) is 0 Å². The first-order valence-electron chi connectivity index (χ1n) is 14.8. The van der Waals surface area contributed by atoms with Crippen molar-refractivity contribution in [2.45, 2.75) is 59.6 Å². The monoisotopic (exact) mass is 631 g/mol. The lowest BCUT2D eigenvalue weighted by Gasteiger charge is -2.40. The molecule has 0 bridgehead atoms. The average Bonchev–Trinajstić information content (AvgIpc) is 2.91. The van der Waals surface area contributed by atoms with Gasteiger partial charge in [0.15, 0.2) is 0 Å². The van der Waals surface area contributed by atoms with E-state index in [2.05, 4.69) is 0 Å². The number of carbonyl (C=O) groups is 2. The number of benzene rings is 3. The summed E-state index contributed by atoms with van der Waals surface area (Å²) in [5.74, 6) is -0.712. The maximum Gasteiger partial charge on any atom is 0.410 e. The molecular weight excluding hydrogens is 594 g/mol. The van der Waals surface area contributed by atoms with Gasteiger partial charge in [0.05, 0.1) is 21.7 Å². The smallest absolute Gasteiger partial charge is 0.410 e. The summed E-state index contributed by atoms with van der Waals surface area (Å²) in [6.07, 6.45) is -0.424. The van der Waals surface area contributed by atoms with E-state index in [0.29, 0.717) is 46.6 Å². The van der Waals surface area contributed by atoms with E-state index >= 15 is 0 Å². The topological polar surface area (TPSA) is 143 Å². The maximum atomic E-state index is 14.1. The van der Waals surface area contributed by atoms with Crippen LogP contribution in [0.5, 0.6) is 0 Å². The number of carbonyl (C=O) groups excluding carboxylic acids is 2. The highest BCUT2D eigenvalue weighted by Gasteiger charge is 2.35. The Bertz CT molecular complexity index is 1970. The van der Waals surface area contributed by atoms with Gasteiger partial charge in [0, 0.05) is 42.4 Å². The molecular formula is C34H38ClN5O5. The zero-order chi connectivity index (χ0) is 33.0. The Morgan fingerprint density at radius 2 is 1.69 bits per heavy atom. The van der Waals surface area contributed by atoms with Crippen LogP contribution in [-0.2, 0) is 11.3 Å². The van der Waals surface area contributed by atoms with Gasteiger partial charge in [-0.1, -0.05) is 43.6 Å². The van der Waals surface area contributed by atoms with Crippen LogP contribution in [-0.4, -0.2) is 44.7 Å². The van der Waals surface area contributed by atoms with Gasteiger partial charge in [0.25, 0.3) is 0 Å². The molecule has 4 aromatic rings. The number of fused-ring (bicyclic) bond motifs is 1. The summed E-state index contributed by atoms with van der Waals surface area (Å²) in [6.45, 7) is 12.3. The number of amides is 2. The van der Waals surface area contributed by atoms with Gasteiger partial charge in [0.2, 0.25) is 5.91 Å². The molecule has 5 rings (SSSR count). The molecule has 1 aliphatic rings. The number of halogens is 1. The molecule has 4 N–H and O–H groups in total. The fraction of sp³-hybridized carbons (Fsp3) is 0.353. The first kappa shape index (κ1) is 31.8. The molecule has 10 nitrogen and oxygen atoms in total. The van der Waals surface area contributed by atoms with Crippen LogP contribution in [0.25, 0.3) is 27.8 Å². The molecule has 0 spiro atoms. The van der Waals surface area contributed by atoms with E-state index < -0.39 is 28.7 Å². The van der Waals surface area contributed by atoms with Crippen molar-refractivity contribution in [3.63, 3.8) is 0 Å². The number of hydrogen-bond acceptors (Lipinski definition) is 6. The number of aromatic nitrogens is 2. The Hall–Kier alpha value is -4.57. The molecule has 0 atom stereocenters.